The summed E-state index contributed by atoms with van der Waals surface area (Å²) in [7, 11) is 0. The molecule has 0 radical (unpaired) electrons. The van der Waals surface area contributed by atoms with Gasteiger partial charge in [0.2, 0.25) is 0 Å². The number of aliphatic hydroxyl groups excluding tert-OH is 1. The number of rotatable bonds is 3. The second-order valence-electron chi connectivity index (χ2n) is 3.82. The highest BCUT2D eigenvalue weighted by atomic mass is 16.3. The van der Waals surface area contributed by atoms with Crippen molar-refractivity contribution in [3.63, 3.8) is 0 Å². The van der Waals surface area contributed by atoms with E-state index in [9.17, 15) is 5.11 Å². The lowest BCUT2D eigenvalue weighted by atomic mass is 9.94. The Morgan fingerprint density at radius 1 is 1.43 bits per heavy atom. The quantitative estimate of drug-likeness (QED) is 0.770. The monoisotopic (exact) mass is 193 g/mol. The third-order valence-electron chi connectivity index (χ3n) is 2.56. The van der Waals surface area contributed by atoms with E-state index in [1.165, 1.54) is 11.1 Å². The van der Waals surface area contributed by atoms with Crippen molar-refractivity contribution in [1.29, 1.82) is 0 Å². The predicted octanol–water partition coefficient (Wildman–Crippen LogP) is 1.94. The lowest BCUT2D eigenvalue weighted by Gasteiger charge is -2.19. The van der Waals surface area contributed by atoms with E-state index in [1.54, 1.807) is 6.92 Å². The van der Waals surface area contributed by atoms with Crippen molar-refractivity contribution in [3.05, 3.63) is 34.9 Å². The molecule has 0 aliphatic heterocycles. The summed E-state index contributed by atoms with van der Waals surface area (Å²) in [6.07, 6.45) is 0.456. The number of hydrogen-bond donors (Lipinski definition) is 2. The van der Waals surface area contributed by atoms with Crippen LogP contribution < -0.4 is 5.73 Å². The zero-order valence-electron chi connectivity index (χ0n) is 9.12. The molecule has 1 rings (SSSR count). The van der Waals surface area contributed by atoms with Gasteiger partial charge in [0.15, 0.2) is 0 Å². The summed E-state index contributed by atoms with van der Waals surface area (Å²) in [5.74, 6) is 0. The number of nitrogens with two attached hydrogens (primary N) is 1. The van der Waals surface area contributed by atoms with E-state index in [0.717, 1.165) is 12.0 Å². The van der Waals surface area contributed by atoms with Gasteiger partial charge in [-0.1, -0.05) is 30.7 Å². The van der Waals surface area contributed by atoms with Crippen LogP contribution >= 0.6 is 0 Å². The van der Waals surface area contributed by atoms with E-state index in [-0.39, 0.29) is 6.04 Å². The molecule has 0 unspecified atom stereocenters. The Kier molecular flexibility index (Phi) is 3.67. The molecule has 1 aromatic rings. The highest BCUT2D eigenvalue weighted by Gasteiger charge is 2.14. The van der Waals surface area contributed by atoms with E-state index in [2.05, 4.69) is 25.1 Å². The Labute approximate surface area is 85.8 Å². The van der Waals surface area contributed by atoms with E-state index in [1.807, 2.05) is 6.92 Å². The minimum absolute atomic E-state index is 0.273. The fraction of sp³-hybridized carbons (Fsp3) is 0.500. The SMILES string of the molecule is CCc1ccc(C)cc1[C@H](N)[C@@H](C)O. The molecule has 0 saturated carbocycles. The van der Waals surface area contributed by atoms with Crippen molar-refractivity contribution in [2.24, 2.45) is 5.73 Å². The molecule has 0 spiro atoms. The number of aliphatic hydroxyl groups is 1. The molecule has 0 amide bonds. The average Bonchev–Trinajstić information content (AvgIpc) is 2.16. The van der Waals surface area contributed by atoms with Crippen LogP contribution in [0.4, 0.5) is 0 Å². The van der Waals surface area contributed by atoms with Crippen LogP contribution in [0.15, 0.2) is 18.2 Å². The molecule has 0 fully saturated rings. The Bertz CT molecular complexity index is 307. The lowest BCUT2D eigenvalue weighted by molar-refractivity contribution is 0.164. The lowest BCUT2D eigenvalue weighted by Crippen LogP contribution is -2.24. The molecule has 0 aliphatic rings. The molecule has 3 N–H and O–H groups in total. The van der Waals surface area contributed by atoms with Crippen LogP contribution in [-0.4, -0.2) is 11.2 Å². The van der Waals surface area contributed by atoms with Crippen LogP contribution in [0.5, 0.6) is 0 Å². The van der Waals surface area contributed by atoms with Crippen molar-refractivity contribution in [1.82, 2.24) is 0 Å². The smallest absolute Gasteiger partial charge is 0.0704 e. The van der Waals surface area contributed by atoms with E-state index in [4.69, 9.17) is 5.73 Å². The maximum atomic E-state index is 9.46. The molecular formula is C12H19NO. The first-order valence-electron chi connectivity index (χ1n) is 5.09. The summed E-state index contributed by atoms with van der Waals surface area (Å²) in [5.41, 5.74) is 9.42. The molecular weight excluding hydrogens is 174 g/mol. The maximum Gasteiger partial charge on any atom is 0.0704 e. The highest BCUT2D eigenvalue weighted by Crippen LogP contribution is 2.21. The topological polar surface area (TPSA) is 46.2 Å². The van der Waals surface area contributed by atoms with Crippen LogP contribution in [0.2, 0.25) is 0 Å². The Morgan fingerprint density at radius 2 is 2.07 bits per heavy atom. The molecule has 78 valence electrons. The minimum Gasteiger partial charge on any atom is -0.391 e. The molecule has 1 aromatic carbocycles. The van der Waals surface area contributed by atoms with Gasteiger partial charge < -0.3 is 10.8 Å². The Hall–Kier alpha value is -0.860. The van der Waals surface area contributed by atoms with Crippen molar-refractivity contribution >= 4 is 0 Å². The molecule has 0 heterocycles. The molecule has 2 atom stereocenters. The second kappa shape index (κ2) is 4.58. The number of aryl methyl sites for hydroxylation is 2. The maximum absolute atomic E-state index is 9.46. The molecule has 0 aromatic heterocycles. The molecule has 0 saturated heterocycles. The van der Waals surface area contributed by atoms with Gasteiger partial charge in [-0.25, -0.2) is 0 Å². The number of benzene rings is 1. The van der Waals surface area contributed by atoms with Gasteiger partial charge >= 0.3 is 0 Å². The van der Waals surface area contributed by atoms with E-state index < -0.39 is 6.10 Å². The van der Waals surface area contributed by atoms with Gasteiger partial charge in [-0.15, -0.1) is 0 Å². The summed E-state index contributed by atoms with van der Waals surface area (Å²) in [4.78, 5) is 0. The van der Waals surface area contributed by atoms with Gasteiger partial charge in [0, 0.05) is 0 Å². The predicted molar refractivity (Wildman–Crippen MR) is 59.2 cm³/mol. The minimum atomic E-state index is -0.498. The summed E-state index contributed by atoms with van der Waals surface area (Å²) in [5, 5.41) is 9.46. The van der Waals surface area contributed by atoms with Crippen molar-refractivity contribution in [2.45, 2.75) is 39.3 Å². The first kappa shape index (κ1) is 11.2. The Balaban J connectivity index is 3.10. The van der Waals surface area contributed by atoms with Crippen LogP contribution in [0.25, 0.3) is 0 Å². The van der Waals surface area contributed by atoms with Crippen LogP contribution in [0.1, 0.15) is 36.6 Å². The Morgan fingerprint density at radius 3 is 2.57 bits per heavy atom. The zero-order valence-corrected chi connectivity index (χ0v) is 9.12. The first-order chi connectivity index (χ1) is 6.56. The first-order valence-corrected chi connectivity index (χ1v) is 5.09. The van der Waals surface area contributed by atoms with E-state index in [0.29, 0.717) is 0 Å². The van der Waals surface area contributed by atoms with E-state index >= 15 is 0 Å². The normalized spacial score (nSPS) is 15.2. The highest BCUT2D eigenvalue weighted by molar-refractivity contribution is 5.34. The summed E-state index contributed by atoms with van der Waals surface area (Å²) in [6.45, 7) is 5.87. The fourth-order valence-electron chi connectivity index (χ4n) is 1.61. The summed E-state index contributed by atoms with van der Waals surface area (Å²) >= 11 is 0. The number of hydrogen-bond acceptors (Lipinski definition) is 2. The second-order valence-corrected chi connectivity index (χ2v) is 3.82. The van der Waals surface area contributed by atoms with Gasteiger partial charge in [0.05, 0.1) is 12.1 Å². The average molecular weight is 193 g/mol. The van der Waals surface area contributed by atoms with Crippen LogP contribution in [0.3, 0.4) is 0 Å². The largest absolute Gasteiger partial charge is 0.391 e. The fourth-order valence-corrected chi connectivity index (χ4v) is 1.61. The molecule has 0 aliphatic carbocycles. The summed E-state index contributed by atoms with van der Waals surface area (Å²) < 4.78 is 0. The molecule has 2 nitrogen and oxygen atoms in total. The zero-order chi connectivity index (χ0) is 10.7. The van der Waals surface area contributed by atoms with Gasteiger partial charge in [0.25, 0.3) is 0 Å². The van der Waals surface area contributed by atoms with Crippen LogP contribution in [0, 0.1) is 6.92 Å². The van der Waals surface area contributed by atoms with Crippen molar-refractivity contribution in [3.8, 4) is 0 Å². The molecule has 0 bridgehead atoms. The molecule has 2 heteroatoms. The van der Waals surface area contributed by atoms with Gasteiger partial charge in [-0.2, -0.15) is 0 Å². The summed E-state index contributed by atoms with van der Waals surface area (Å²) in [6, 6.07) is 5.96. The third-order valence-corrected chi connectivity index (χ3v) is 2.56. The van der Waals surface area contributed by atoms with Crippen molar-refractivity contribution in [2.75, 3.05) is 0 Å². The van der Waals surface area contributed by atoms with Gasteiger partial charge in [-0.3, -0.25) is 0 Å². The van der Waals surface area contributed by atoms with Crippen LogP contribution in [-0.2, 0) is 6.42 Å². The molecule has 14 heavy (non-hydrogen) atoms. The standard InChI is InChI=1S/C12H19NO/c1-4-10-6-5-8(2)7-11(10)12(13)9(3)14/h5-7,9,12,14H,4,13H2,1-3H3/t9-,12-/m1/s1. The third kappa shape index (κ3) is 2.34. The van der Waals surface area contributed by atoms with Gasteiger partial charge in [-0.05, 0) is 31.4 Å². The van der Waals surface area contributed by atoms with Crippen molar-refractivity contribution < 1.29 is 5.11 Å². The van der Waals surface area contributed by atoms with Gasteiger partial charge in [0.1, 0.15) is 0 Å².